The van der Waals surface area contributed by atoms with Crippen molar-refractivity contribution in [1.82, 2.24) is 14.5 Å². The zero-order valence-electron chi connectivity index (χ0n) is 9.71. The highest BCUT2D eigenvalue weighted by atomic mass is 16.2. The molecule has 2 aromatic rings. The van der Waals surface area contributed by atoms with E-state index >= 15 is 0 Å². The molecule has 0 saturated heterocycles. The standard InChI is InChI=1S/C12H12N4O/c1-8-5-9-6-10(17)15(2)12-13-3-4-16(12)11(9)14-7-8/h3-5,7H,6H2,1-2H3. The number of carbonyl (C=O) groups excluding carboxylic acids is 1. The third-order valence-electron chi connectivity index (χ3n) is 2.94. The number of pyridine rings is 1. The molecule has 0 radical (unpaired) electrons. The van der Waals surface area contributed by atoms with Crippen molar-refractivity contribution in [3.05, 3.63) is 35.8 Å². The van der Waals surface area contributed by atoms with Crippen LogP contribution < -0.4 is 4.90 Å². The Balaban J connectivity index is 2.29. The van der Waals surface area contributed by atoms with Crippen molar-refractivity contribution in [3.63, 3.8) is 0 Å². The summed E-state index contributed by atoms with van der Waals surface area (Å²) in [4.78, 5) is 22.2. The second-order valence-corrected chi connectivity index (χ2v) is 4.22. The van der Waals surface area contributed by atoms with E-state index in [1.807, 2.05) is 23.8 Å². The SMILES string of the molecule is Cc1cnc2c(c1)CC(=O)N(C)c1nccn1-2. The average Bonchev–Trinajstić information content (AvgIpc) is 2.73. The molecule has 1 aliphatic rings. The van der Waals surface area contributed by atoms with Crippen molar-refractivity contribution in [2.24, 2.45) is 0 Å². The van der Waals surface area contributed by atoms with Crippen molar-refractivity contribution in [3.8, 4) is 5.82 Å². The van der Waals surface area contributed by atoms with E-state index in [0.717, 1.165) is 16.9 Å². The number of carbonyl (C=O) groups is 1. The van der Waals surface area contributed by atoms with Gasteiger partial charge in [0.25, 0.3) is 0 Å². The largest absolute Gasteiger partial charge is 0.285 e. The predicted octanol–water partition coefficient (Wildman–Crippen LogP) is 1.09. The van der Waals surface area contributed by atoms with E-state index in [-0.39, 0.29) is 5.91 Å². The Labute approximate surface area is 98.7 Å². The molecule has 0 unspecified atom stereocenters. The Morgan fingerprint density at radius 1 is 1.35 bits per heavy atom. The van der Waals surface area contributed by atoms with Gasteiger partial charge in [0.2, 0.25) is 11.9 Å². The number of hydrogen-bond acceptors (Lipinski definition) is 3. The molecule has 17 heavy (non-hydrogen) atoms. The van der Waals surface area contributed by atoms with Gasteiger partial charge in [0.15, 0.2) is 0 Å². The van der Waals surface area contributed by atoms with Gasteiger partial charge in [-0.25, -0.2) is 9.97 Å². The molecule has 0 aromatic carbocycles. The monoisotopic (exact) mass is 228 g/mol. The Morgan fingerprint density at radius 3 is 3.00 bits per heavy atom. The molecule has 3 rings (SSSR count). The van der Waals surface area contributed by atoms with Gasteiger partial charge < -0.3 is 0 Å². The van der Waals surface area contributed by atoms with Crippen LogP contribution in [0.25, 0.3) is 5.82 Å². The second-order valence-electron chi connectivity index (χ2n) is 4.22. The molecule has 0 aliphatic carbocycles. The first kappa shape index (κ1) is 10.0. The second kappa shape index (κ2) is 3.41. The summed E-state index contributed by atoms with van der Waals surface area (Å²) in [5, 5.41) is 0. The number of rotatable bonds is 0. The Kier molecular flexibility index (Phi) is 2.01. The number of anilines is 1. The number of likely N-dealkylation sites (N-methyl/N-ethyl adjacent to an activating group) is 1. The van der Waals surface area contributed by atoms with Crippen LogP contribution in [-0.4, -0.2) is 27.5 Å². The highest BCUT2D eigenvalue weighted by molar-refractivity contribution is 5.94. The minimum atomic E-state index is 0.0311. The van der Waals surface area contributed by atoms with Crippen molar-refractivity contribution in [1.29, 1.82) is 0 Å². The summed E-state index contributed by atoms with van der Waals surface area (Å²) >= 11 is 0. The van der Waals surface area contributed by atoms with Crippen molar-refractivity contribution >= 4 is 11.9 Å². The molecule has 0 spiro atoms. The van der Waals surface area contributed by atoms with Gasteiger partial charge >= 0.3 is 0 Å². The minimum Gasteiger partial charge on any atom is -0.285 e. The minimum absolute atomic E-state index is 0.0311. The fraction of sp³-hybridized carbons (Fsp3) is 0.250. The van der Waals surface area contributed by atoms with Gasteiger partial charge in [-0.05, 0) is 12.5 Å². The topological polar surface area (TPSA) is 51.0 Å². The van der Waals surface area contributed by atoms with Crippen molar-refractivity contribution < 1.29 is 4.79 Å². The van der Waals surface area contributed by atoms with Gasteiger partial charge in [-0.1, -0.05) is 6.07 Å². The van der Waals surface area contributed by atoms with Crippen LogP contribution >= 0.6 is 0 Å². The lowest BCUT2D eigenvalue weighted by Gasteiger charge is -2.12. The molecule has 0 bridgehead atoms. The maximum absolute atomic E-state index is 12.0. The number of hydrogen-bond donors (Lipinski definition) is 0. The smallest absolute Gasteiger partial charge is 0.233 e. The quantitative estimate of drug-likeness (QED) is 0.678. The summed E-state index contributed by atoms with van der Waals surface area (Å²) in [5.74, 6) is 1.44. The van der Waals surface area contributed by atoms with Gasteiger partial charge in [0.05, 0.1) is 6.42 Å². The van der Waals surface area contributed by atoms with E-state index < -0.39 is 0 Å². The number of aryl methyl sites for hydroxylation is 1. The molecule has 0 N–H and O–H groups in total. The van der Waals surface area contributed by atoms with Gasteiger partial charge in [-0.15, -0.1) is 0 Å². The number of amides is 1. The lowest BCUT2D eigenvalue weighted by molar-refractivity contribution is -0.117. The number of nitrogens with zero attached hydrogens (tertiary/aromatic N) is 4. The molecule has 5 heteroatoms. The van der Waals surface area contributed by atoms with Crippen molar-refractivity contribution in [2.45, 2.75) is 13.3 Å². The summed E-state index contributed by atoms with van der Waals surface area (Å²) in [7, 11) is 1.74. The molecule has 3 heterocycles. The van der Waals surface area contributed by atoms with E-state index in [4.69, 9.17) is 0 Å². The normalized spacial score (nSPS) is 14.2. The van der Waals surface area contributed by atoms with E-state index in [0.29, 0.717) is 12.4 Å². The van der Waals surface area contributed by atoms with Crippen LogP contribution in [0.5, 0.6) is 0 Å². The maximum Gasteiger partial charge on any atom is 0.233 e. The Hall–Kier alpha value is -2.17. The van der Waals surface area contributed by atoms with Crippen molar-refractivity contribution in [2.75, 3.05) is 11.9 Å². The molecular weight excluding hydrogens is 216 g/mol. The van der Waals surface area contributed by atoms with Gasteiger partial charge in [-0.3, -0.25) is 14.3 Å². The maximum atomic E-state index is 12.0. The highest BCUT2D eigenvalue weighted by Gasteiger charge is 2.24. The molecule has 2 aromatic heterocycles. The molecule has 0 atom stereocenters. The molecule has 1 amide bonds. The van der Waals surface area contributed by atoms with Crippen LogP contribution in [0.1, 0.15) is 11.1 Å². The van der Waals surface area contributed by atoms with Crippen LogP contribution in [0, 0.1) is 6.92 Å². The molecular formula is C12H12N4O. The Bertz CT molecular complexity index is 602. The third kappa shape index (κ3) is 1.43. The van der Waals surface area contributed by atoms with E-state index in [1.54, 1.807) is 24.3 Å². The molecule has 0 fully saturated rings. The van der Waals surface area contributed by atoms with Gasteiger partial charge in [0.1, 0.15) is 5.82 Å². The Morgan fingerprint density at radius 2 is 2.18 bits per heavy atom. The van der Waals surface area contributed by atoms with Crippen LogP contribution in [0.15, 0.2) is 24.7 Å². The molecule has 1 aliphatic heterocycles. The van der Waals surface area contributed by atoms with Gasteiger partial charge in [0, 0.05) is 31.2 Å². The number of imidazole rings is 1. The molecule has 5 nitrogen and oxygen atoms in total. The van der Waals surface area contributed by atoms with Crippen LogP contribution in [0.2, 0.25) is 0 Å². The average molecular weight is 228 g/mol. The first-order valence-corrected chi connectivity index (χ1v) is 5.42. The predicted molar refractivity (Wildman–Crippen MR) is 63.2 cm³/mol. The summed E-state index contributed by atoms with van der Waals surface area (Å²) in [6.45, 7) is 1.97. The summed E-state index contributed by atoms with van der Waals surface area (Å²) in [6, 6.07) is 2.00. The summed E-state index contributed by atoms with van der Waals surface area (Å²) < 4.78 is 1.85. The fourth-order valence-electron chi connectivity index (χ4n) is 2.07. The third-order valence-corrected chi connectivity index (χ3v) is 2.94. The van der Waals surface area contributed by atoms with E-state index in [1.165, 1.54) is 0 Å². The fourth-order valence-corrected chi connectivity index (χ4v) is 2.07. The van der Waals surface area contributed by atoms with E-state index in [2.05, 4.69) is 9.97 Å². The lowest BCUT2D eigenvalue weighted by atomic mass is 10.1. The molecule has 86 valence electrons. The highest BCUT2D eigenvalue weighted by Crippen LogP contribution is 2.24. The number of aromatic nitrogens is 3. The van der Waals surface area contributed by atoms with Crippen LogP contribution in [-0.2, 0) is 11.2 Å². The van der Waals surface area contributed by atoms with Crippen LogP contribution in [0.4, 0.5) is 5.95 Å². The zero-order chi connectivity index (χ0) is 12.0. The molecule has 0 saturated carbocycles. The first-order chi connectivity index (χ1) is 8.16. The summed E-state index contributed by atoms with van der Waals surface area (Å²) in [5.41, 5.74) is 2.00. The number of fused-ring (bicyclic) bond motifs is 3. The van der Waals surface area contributed by atoms with E-state index in [9.17, 15) is 4.79 Å². The zero-order valence-corrected chi connectivity index (χ0v) is 9.71. The van der Waals surface area contributed by atoms with Crippen LogP contribution in [0.3, 0.4) is 0 Å². The summed E-state index contributed by atoms with van der Waals surface area (Å²) in [6.07, 6.45) is 5.67. The lowest BCUT2D eigenvalue weighted by Crippen LogP contribution is -2.28. The first-order valence-electron chi connectivity index (χ1n) is 5.42. The van der Waals surface area contributed by atoms with Gasteiger partial charge in [-0.2, -0.15) is 0 Å².